The molecule has 3 nitrogen and oxygen atoms in total. The van der Waals surface area contributed by atoms with Gasteiger partial charge in [0.25, 0.3) is 0 Å². The predicted molar refractivity (Wildman–Crippen MR) is 52.2 cm³/mol. The maximum atomic E-state index is 8.43. The van der Waals surface area contributed by atoms with Crippen LogP contribution in [0.15, 0.2) is 5.11 Å². The maximum absolute atomic E-state index is 8.43. The first-order valence-corrected chi connectivity index (χ1v) is 5.42. The van der Waals surface area contributed by atoms with Gasteiger partial charge in [-0.15, -0.1) is 0 Å². The highest BCUT2D eigenvalue weighted by Crippen LogP contribution is 2.38. The molecule has 0 aromatic rings. The van der Waals surface area contributed by atoms with Crippen molar-refractivity contribution in [2.75, 3.05) is 0 Å². The Morgan fingerprint density at radius 2 is 1.62 bits per heavy atom. The van der Waals surface area contributed by atoms with E-state index in [0.29, 0.717) is 6.04 Å². The first kappa shape index (κ1) is 8.89. The predicted octanol–water partition coefficient (Wildman–Crippen LogP) is 3.66. The summed E-state index contributed by atoms with van der Waals surface area (Å²) < 4.78 is 0. The second-order valence-electron chi connectivity index (χ2n) is 4.57. The fourth-order valence-corrected chi connectivity index (χ4v) is 2.96. The van der Waals surface area contributed by atoms with Crippen molar-refractivity contribution in [2.24, 2.45) is 17.0 Å². The zero-order chi connectivity index (χ0) is 9.10. The average molecular weight is 179 g/mol. The smallest absolute Gasteiger partial charge is 0.0379 e. The van der Waals surface area contributed by atoms with Crippen LogP contribution >= 0.6 is 0 Å². The standard InChI is InChI=1S/C10H17N3/c11-13-12-10-6-8-2-1-3-9(7-10)5-4-8/h8-10H,1-7H2. The number of azide groups is 1. The van der Waals surface area contributed by atoms with Crippen LogP contribution in [0.25, 0.3) is 10.4 Å². The summed E-state index contributed by atoms with van der Waals surface area (Å²) in [7, 11) is 0. The summed E-state index contributed by atoms with van der Waals surface area (Å²) in [4.78, 5) is 2.95. The van der Waals surface area contributed by atoms with Gasteiger partial charge in [-0.1, -0.05) is 37.2 Å². The quantitative estimate of drug-likeness (QED) is 0.335. The Balaban J connectivity index is 2.06. The molecule has 0 aromatic carbocycles. The highest BCUT2D eigenvalue weighted by molar-refractivity contribution is 4.83. The third-order valence-electron chi connectivity index (χ3n) is 3.63. The summed E-state index contributed by atoms with van der Waals surface area (Å²) in [5.41, 5.74) is 8.43. The number of hydrogen-bond donors (Lipinski definition) is 0. The molecule has 0 spiro atoms. The topological polar surface area (TPSA) is 48.8 Å². The van der Waals surface area contributed by atoms with Crippen LogP contribution < -0.4 is 0 Å². The number of hydrogen-bond acceptors (Lipinski definition) is 1. The largest absolute Gasteiger partial charge is 0.0906 e. The molecule has 2 fully saturated rings. The van der Waals surface area contributed by atoms with E-state index in [2.05, 4.69) is 10.0 Å². The Hall–Kier alpha value is -0.690. The van der Waals surface area contributed by atoms with Crippen molar-refractivity contribution in [3.8, 4) is 0 Å². The maximum Gasteiger partial charge on any atom is 0.0379 e. The Bertz CT molecular complexity index is 206. The monoisotopic (exact) mass is 179 g/mol. The van der Waals surface area contributed by atoms with E-state index >= 15 is 0 Å². The van der Waals surface area contributed by atoms with Crippen LogP contribution in [0.5, 0.6) is 0 Å². The van der Waals surface area contributed by atoms with Crippen molar-refractivity contribution in [3.63, 3.8) is 0 Å². The Labute approximate surface area is 79.1 Å². The molecule has 2 unspecified atom stereocenters. The first-order chi connectivity index (χ1) is 6.38. The van der Waals surface area contributed by atoms with Gasteiger partial charge < -0.3 is 0 Å². The number of nitrogens with zero attached hydrogens (tertiary/aromatic N) is 3. The lowest BCUT2D eigenvalue weighted by molar-refractivity contribution is 0.356. The molecule has 0 amide bonds. The minimum atomic E-state index is 0.308. The van der Waals surface area contributed by atoms with Gasteiger partial charge in [0.1, 0.15) is 0 Å². The van der Waals surface area contributed by atoms with E-state index in [-0.39, 0.29) is 0 Å². The molecule has 2 aliphatic carbocycles. The lowest BCUT2D eigenvalue weighted by Gasteiger charge is -2.20. The van der Waals surface area contributed by atoms with Gasteiger partial charge in [-0.3, -0.25) is 0 Å². The lowest BCUT2D eigenvalue weighted by atomic mass is 9.89. The van der Waals surface area contributed by atoms with Crippen LogP contribution in [0.2, 0.25) is 0 Å². The molecule has 13 heavy (non-hydrogen) atoms. The fourth-order valence-electron chi connectivity index (χ4n) is 2.96. The van der Waals surface area contributed by atoms with E-state index in [1.807, 2.05) is 0 Å². The Morgan fingerprint density at radius 1 is 1.00 bits per heavy atom. The summed E-state index contributed by atoms with van der Waals surface area (Å²) in [6.07, 6.45) is 9.20. The lowest BCUT2D eigenvalue weighted by Crippen LogP contribution is -2.13. The van der Waals surface area contributed by atoms with Gasteiger partial charge in [-0.25, -0.2) is 0 Å². The van der Waals surface area contributed by atoms with Gasteiger partial charge in [0.05, 0.1) is 0 Å². The minimum absolute atomic E-state index is 0.308. The molecule has 2 bridgehead atoms. The van der Waals surface area contributed by atoms with Gasteiger partial charge in [-0.05, 0) is 30.2 Å². The molecule has 72 valence electrons. The van der Waals surface area contributed by atoms with Gasteiger partial charge in [0.2, 0.25) is 0 Å². The molecule has 0 saturated heterocycles. The second kappa shape index (κ2) is 4.01. The molecule has 3 heteroatoms. The van der Waals surface area contributed by atoms with Gasteiger partial charge >= 0.3 is 0 Å². The van der Waals surface area contributed by atoms with E-state index in [0.717, 1.165) is 24.7 Å². The molecule has 2 saturated carbocycles. The van der Waals surface area contributed by atoms with Crippen molar-refractivity contribution in [1.82, 2.24) is 0 Å². The van der Waals surface area contributed by atoms with Gasteiger partial charge in [-0.2, -0.15) is 0 Å². The normalized spacial score (nSPS) is 38.9. The van der Waals surface area contributed by atoms with Crippen molar-refractivity contribution in [3.05, 3.63) is 10.4 Å². The zero-order valence-electron chi connectivity index (χ0n) is 8.02. The van der Waals surface area contributed by atoms with Crippen LogP contribution in [-0.4, -0.2) is 6.04 Å². The first-order valence-electron chi connectivity index (χ1n) is 5.42. The third kappa shape index (κ3) is 2.16. The van der Waals surface area contributed by atoms with Crippen molar-refractivity contribution < 1.29 is 0 Å². The average Bonchev–Trinajstić information content (AvgIpc) is 2.37. The molecule has 2 atom stereocenters. The van der Waals surface area contributed by atoms with Crippen LogP contribution in [0, 0.1) is 11.8 Å². The molecule has 0 aliphatic heterocycles. The molecular formula is C10H17N3. The van der Waals surface area contributed by atoms with Gasteiger partial charge in [0, 0.05) is 11.0 Å². The van der Waals surface area contributed by atoms with Crippen molar-refractivity contribution in [2.45, 2.75) is 51.0 Å². The van der Waals surface area contributed by atoms with Crippen LogP contribution in [0.3, 0.4) is 0 Å². The van der Waals surface area contributed by atoms with Crippen molar-refractivity contribution in [1.29, 1.82) is 0 Å². The van der Waals surface area contributed by atoms with Crippen LogP contribution in [0.4, 0.5) is 0 Å². The van der Waals surface area contributed by atoms with Crippen LogP contribution in [0.1, 0.15) is 44.9 Å². The van der Waals surface area contributed by atoms with Gasteiger partial charge in [0.15, 0.2) is 0 Å². The molecule has 2 rings (SSSR count). The summed E-state index contributed by atoms with van der Waals surface area (Å²) in [5.74, 6) is 1.70. The Kier molecular flexibility index (Phi) is 2.74. The van der Waals surface area contributed by atoms with E-state index < -0.39 is 0 Å². The molecule has 2 aliphatic rings. The summed E-state index contributed by atoms with van der Waals surface area (Å²) in [6, 6.07) is 0.308. The highest BCUT2D eigenvalue weighted by atomic mass is 15.1. The third-order valence-corrected chi connectivity index (χ3v) is 3.63. The fraction of sp³-hybridized carbons (Fsp3) is 1.00. The Morgan fingerprint density at radius 3 is 2.15 bits per heavy atom. The molecule has 0 N–H and O–H groups in total. The SMILES string of the molecule is [N-]=[N+]=NC1CC2CCCC(CC2)C1. The van der Waals surface area contributed by atoms with Crippen LogP contribution in [-0.2, 0) is 0 Å². The van der Waals surface area contributed by atoms with E-state index in [4.69, 9.17) is 5.53 Å². The molecular weight excluding hydrogens is 162 g/mol. The minimum Gasteiger partial charge on any atom is -0.0906 e. The highest BCUT2D eigenvalue weighted by Gasteiger charge is 2.27. The van der Waals surface area contributed by atoms with E-state index in [1.54, 1.807) is 0 Å². The number of fused-ring (bicyclic) bond motifs is 3. The summed E-state index contributed by atoms with van der Waals surface area (Å²) in [5, 5.41) is 3.91. The number of rotatable bonds is 1. The van der Waals surface area contributed by atoms with Crippen molar-refractivity contribution >= 4 is 0 Å². The summed E-state index contributed by atoms with van der Waals surface area (Å²) >= 11 is 0. The van der Waals surface area contributed by atoms with E-state index in [9.17, 15) is 0 Å². The molecule has 0 heterocycles. The van der Waals surface area contributed by atoms with E-state index in [1.165, 1.54) is 32.1 Å². The molecule has 0 radical (unpaired) electrons. The molecule has 0 aromatic heterocycles. The second-order valence-corrected chi connectivity index (χ2v) is 4.57. The zero-order valence-corrected chi connectivity index (χ0v) is 8.02. The summed E-state index contributed by atoms with van der Waals surface area (Å²) in [6.45, 7) is 0.